The topological polar surface area (TPSA) is 101 Å². The van der Waals surface area contributed by atoms with Crippen molar-refractivity contribution in [1.82, 2.24) is 5.32 Å². The van der Waals surface area contributed by atoms with Crippen molar-refractivity contribution in [2.45, 2.75) is 0 Å². The number of fused-ring (bicyclic) bond motifs is 1. The first-order valence-corrected chi connectivity index (χ1v) is 10.7. The highest BCUT2D eigenvalue weighted by Crippen LogP contribution is 2.28. The van der Waals surface area contributed by atoms with E-state index in [2.05, 4.69) is 20.8 Å². The van der Waals surface area contributed by atoms with Crippen LogP contribution < -0.4 is 20.1 Å². The predicted molar refractivity (Wildman–Crippen MR) is 127 cm³/mol. The molecule has 8 nitrogen and oxygen atoms in total. The molecule has 32 heavy (non-hydrogen) atoms. The molecule has 4 rings (SSSR count). The first kappa shape index (κ1) is 21.4. The van der Waals surface area contributed by atoms with Gasteiger partial charge in [-0.2, -0.15) is 5.10 Å². The molecule has 0 atom stereocenters. The fourth-order valence-corrected chi connectivity index (χ4v) is 3.71. The van der Waals surface area contributed by atoms with Gasteiger partial charge in [-0.25, -0.2) is 0 Å². The lowest BCUT2D eigenvalue weighted by Gasteiger charge is -2.12. The zero-order chi connectivity index (χ0) is 22.3. The van der Waals surface area contributed by atoms with Gasteiger partial charge in [0.2, 0.25) is 5.91 Å². The number of methoxy groups -OCH3 is 1. The molecule has 1 aliphatic heterocycles. The number of hydrogen-bond acceptors (Lipinski definition) is 7. The molecule has 1 aliphatic rings. The summed E-state index contributed by atoms with van der Waals surface area (Å²) >= 11 is 1.30. The largest absolute Gasteiger partial charge is 0.493 e. The van der Waals surface area contributed by atoms with E-state index in [4.69, 9.17) is 9.47 Å². The molecular weight excluding hydrogens is 428 g/mol. The maximum absolute atomic E-state index is 12.4. The van der Waals surface area contributed by atoms with Crippen LogP contribution in [0.2, 0.25) is 0 Å². The second-order valence-electron chi connectivity index (χ2n) is 6.76. The summed E-state index contributed by atoms with van der Waals surface area (Å²) in [7, 11) is 1.52. The summed E-state index contributed by atoms with van der Waals surface area (Å²) in [5.41, 5.74) is 1.46. The van der Waals surface area contributed by atoms with E-state index in [1.807, 2.05) is 42.5 Å². The van der Waals surface area contributed by atoms with Crippen LogP contribution in [0.1, 0.15) is 5.56 Å². The lowest BCUT2D eigenvalue weighted by molar-refractivity contribution is -0.118. The van der Waals surface area contributed by atoms with E-state index in [1.54, 1.807) is 18.2 Å². The zero-order valence-electron chi connectivity index (χ0n) is 17.2. The first-order chi connectivity index (χ1) is 15.6. The zero-order valence-corrected chi connectivity index (χ0v) is 18.0. The molecule has 2 N–H and O–H groups in total. The molecule has 3 aromatic rings. The molecule has 0 radical (unpaired) electrons. The van der Waals surface area contributed by atoms with E-state index < -0.39 is 0 Å². The monoisotopic (exact) mass is 448 g/mol. The van der Waals surface area contributed by atoms with Crippen LogP contribution in [-0.2, 0) is 9.59 Å². The van der Waals surface area contributed by atoms with Gasteiger partial charge < -0.3 is 20.1 Å². The molecule has 0 aliphatic carbocycles. The highest BCUT2D eigenvalue weighted by Gasteiger charge is 2.16. The number of nitrogens with zero attached hydrogens (tertiary/aromatic N) is 2. The quantitative estimate of drug-likeness (QED) is 0.426. The van der Waals surface area contributed by atoms with Crippen molar-refractivity contribution in [3.05, 3.63) is 66.2 Å². The van der Waals surface area contributed by atoms with Crippen molar-refractivity contribution in [3.8, 4) is 11.5 Å². The van der Waals surface area contributed by atoms with Gasteiger partial charge in [-0.3, -0.25) is 9.59 Å². The van der Waals surface area contributed by atoms with Crippen molar-refractivity contribution in [3.63, 3.8) is 0 Å². The van der Waals surface area contributed by atoms with Gasteiger partial charge in [0.05, 0.1) is 19.1 Å². The average Bonchev–Trinajstić information content (AvgIpc) is 3.23. The summed E-state index contributed by atoms with van der Waals surface area (Å²) < 4.78 is 11.0. The fraction of sp³-hybridized carbons (Fsp3) is 0.130. The van der Waals surface area contributed by atoms with Gasteiger partial charge in [0.25, 0.3) is 5.91 Å². The van der Waals surface area contributed by atoms with Gasteiger partial charge >= 0.3 is 0 Å². The predicted octanol–water partition coefficient (Wildman–Crippen LogP) is 3.42. The van der Waals surface area contributed by atoms with Crippen molar-refractivity contribution < 1.29 is 19.1 Å². The van der Waals surface area contributed by atoms with E-state index >= 15 is 0 Å². The number of hydrogen-bond donors (Lipinski definition) is 2. The second-order valence-corrected chi connectivity index (χ2v) is 7.72. The summed E-state index contributed by atoms with van der Waals surface area (Å²) in [4.78, 5) is 23.6. The first-order valence-electron chi connectivity index (χ1n) is 9.74. The van der Waals surface area contributed by atoms with Crippen LogP contribution in [0.5, 0.6) is 11.5 Å². The number of ether oxygens (including phenoxy) is 2. The van der Waals surface area contributed by atoms with Gasteiger partial charge in [-0.1, -0.05) is 48.2 Å². The number of rotatable bonds is 7. The Labute approximate surface area is 188 Å². The van der Waals surface area contributed by atoms with Gasteiger partial charge in [-0.15, -0.1) is 5.10 Å². The van der Waals surface area contributed by atoms with Gasteiger partial charge in [0, 0.05) is 11.1 Å². The Hall–Kier alpha value is -3.85. The normalized spacial score (nSPS) is 14.7. The number of nitrogens with one attached hydrogen (secondary N) is 2. The van der Waals surface area contributed by atoms with E-state index in [0.29, 0.717) is 22.4 Å². The highest BCUT2D eigenvalue weighted by molar-refractivity contribution is 8.15. The standard InChI is InChI=1S/C23H20N4O4S/c1-30-20-11-15(12-24-27-23-26-22(29)14-32-23)9-10-19(20)31-13-21(28)25-18-8-4-6-16-5-2-3-7-17(16)18/h2-12H,13-14H2,1H3,(H,25,28)(H,26,27,29). The molecule has 0 saturated carbocycles. The number of carbonyl (C=O) groups is 2. The molecule has 0 spiro atoms. The molecule has 9 heteroatoms. The summed E-state index contributed by atoms with van der Waals surface area (Å²) in [6, 6.07) is 18.8. The van der Waals surface area contributed by atoms with Crippen molar-refractivity contribution in [1.29, 1.82) is 0 Å². The summed E-state index contributed by atoms with van der Waals surface area (Å²) in [6.45, 7) is -0.169. The molecule has 0 bridgehead atoms. The lowest BCUT2D eigenvalue weighted by atomic mass is 10.1. The Morgan fingerprint density at radius 1 is 1.16 bits per heavy atom. The van der Waals surface area contributed by atoms with E-state index in [-0.39, 0.29) is 18.4 Å². The van der Waals surface area contributed by atoms with E-state index in [1.165, 1.54) is 25.1 Å². The molecule has 3 aromatic carbocycles. The number of amides is 2. The molecule has 0 unspecified atom stereocenters. The molecule has 162 valence electrons. The smallest absolute Gasteiger partial charge is 0.262 e. The maximum Gasteiger partial charge on any atom is 0.262 e. The van der Waals surface area contributed by atoms with Crippen molar-refractivity contribution >= 4 is 51.4 Å². The summed E-state index contributed by atoms with van der Waals surface area (Å²) in [5, 5.41) is 15.9. The van der Waals surface area contributed by atoms with Crippen LogP contribution in [0.25, 0.3) is 10.8 Å². The molecule has 2 amide bonds. The Bertz CT molecular complexity index is 1220. The fourth-order valence-electron chi connectivity index (χ4n) is 3.07. The molecule has 1 heterocycles. The minimum Gasteiger partial charge on any atom is -0.493 e. The third-order valence-electron chi connectivity index (χ3n) is 4.55. The molecule has 1 fully saturated rings. The number of thioether (sulfide) groups is 1. The third-order valence-corrected chi connectivity index (χ3v) is 5.42. The highest BCUT2D eigenvalue weighted by atomic mass is 32.2. The Kier molecular flexibility index (Phi) is 6.66. The van der Waals surface area contributed by atoms with Crippen LogP contribution in [0.4, 0.5) is 5.69 Å². The molecular formula is C23H20N4O4S. The number of benzene rings is 3. The van der Waals surface area contributed by atoms with Gasteiger partial charge in [-0.05, 0) is 35.2 Å². The third kappa shape index (κ3) is 5.25. The van der Waals surface area contributed by atoms with E-state index in [0.717, 1.165) is 22.0 Å². The van der Waals surface area contributed by atoms with Crippen molar-refractivity contribution in [2.24, 2.45) is 10.2 Å². The Morgan fingerprint density at radius 2 is 2.00 bits per heavy atom. The van der Waals surface area contributed by atoms with Crippen LogP contribution >= 0.6 is 11.8 Å². The summed E-state index contributed by atoms with van der Waals surface area (Å²) in [5.74, 6) is 0.880. The van der Waals surface area contributed by atoms with Gasteiger partial charge in [0.1, 0.15) is 0 Å². The molecule has 1 saturated heterocycles. The average molecular weight is 449 g/mol. The molecule has 0 aromatic heterocycles. The minimum atomic E-state index is -0.277. The second kappa shape index (κ2) is 9.97. The minimum absolute atomic E-state index is 0.0865. The van der Waals surface area contributed by atoms with E-state index in [9.17, 15) is 9.59 Å². The number of carbonyl (C=O) groups excluding carboxylic acids is 2. The van der Waals surface area contributed by atoms with Crippen LogP contribution in [-0.4, -0.2) is 42.7 Å². The van der Waals surface area contributed by atoms with Gasteiger partial charge in [0.15, 0.2) is 23.3 Å². The summed E-state index contributed by atoms with van der Waals surface area (Å²) in [6.07, 6.45) is 1.54. The van der Waals surface area contributed by atoms with Crippen LogP contribution in [0.15, 0.2) is 70.9 Å². The van der Waals surface area contributed by atoms with Crippen molar-refractivity contribution in [2.75, 3.05) is 24.8 Å². The van der Waals surface area contributed by atoms with Crippen LogP contribution in [0, 0.1) is 0 Å². The Morgan fingerprint density at radius 3 is 2.81 bits per heavy atom. The maximum atomic E-state index is 12.4. The SMILES string of the molecule is COc1cc(C=NN=C2NC(=O)CS2)ccc1OCC(=O)Nc1cccc2ccccc12. The number of amidine groups is 1. The lowest BCUT2D eigenvalue weighted by Crippen LogP contribution is -2.20. The Balaban J connectivity index is 1.38. The number of anilines is 1. The van der Waals surface area contributed by atoms with Crippen LogP contribution in [0.3, 0.4) is 0 Å².